The molecule has 7 nitrogen and oxygen atoms in total. The number of anilines is 1. The van der Waals surface area contributed by atoms with Crippen LogP contribution in [0.25, 0.3) is 0 Å². The van der Waals surface area contributed by atoms with E-state index in [0.29, 0.717) is 22.0 Å². The molecule has 0 aromatic heterocycles. The van der Waals surface area contributed by atoms with E-state index >= 15 is 0 Å². The van der Waals surface area contributed by atoms with Crippen LogP contribution in [0.1, 0.15) is 11.1 Å². The maximum Gasteiger partial charge on any atom is 0.264 e. The molecule has 9 heteroatoms. The molecule has 0 spiro atoms. The standard InChI is InChI=1S/C23H22ClN3O4S/c1-17-6-10-20(11-7-17)27(32(29,30)22-12-8-19(24)9-13-22)16-23(28)26-25-15-18-4-3-5-21(14-18)31-2/h3-15H,16H2,1-2H3,(H,26,28)/b25-15-. The van der Waals surface area contributed by atoms with E-state index in [0.717, 1.165) is 9.87 Å². The number of nitrogens with zero attached hydrogens (tertiary/aromatic N) is 2. The molecule has 0 saturated carbocycles. The summed E-state index contributed by atoms with van der Waals surface area (Å²) in [6.07, 6.45) is 1.45. The monoisotopic (exact) mass is 471 g/mol. The molecule has 0 saturated heterocycles. The first-order chi connectivity index (χ1) is 15.3. The molecule has 1 N–H and O–H groups in total. The number of ether oxygens (including phenoxy) is 1. The van der Waals surface area contributed by atoms with E-state index in [1.165, 1.54) is 30.5 Å². The van der Waals surface area contributed by atoms with Gasteiger partial charge in [-0.1, -0.05) is 41.4 Å². The van der Waals surface area contributed by atoms with Gasteiger partial charge in [-0.15, -0.1) is 0 Å². The van der Waals surface area contributed by atoms with Crippen LogP contribution in [0.4, 0.5) is 5.69 Å². The van der Waals surface area contributed by atoms with Crippen molar-refractivity contribution < 1.29 is 17.9 Å². The Labute approximate surface area is 192 Å². The van der Waals surface area contributed by atoms with Crippen molar-refractivity contribution in [1.29, 1.82) is 0 Å². The molecule has 0 aliphatic heterocycles. The van der Waals surface area contributed by atoms with E-state index in [9.17, 15) is 13.2 Å². The van der Waals surface area contributed by atoms with Gasteiger partial charge in [0.05, 0.1) is 23.9 Å². The fourth-order valence-corrected chi connectivity index (χ4v) is 4.37. The van der Waals surface area contributed by atoms with Gasteiger partial charge in [0.15, 0.2) is 0 Å². The lowest BCUT2D eigenvalue weighted by atomic mass is 10.2. The van der Waals surface area contributed by atoms with Crippen molar-refractivity contribution in [3.63, 3.8) is 0 Å². The first-order valence-corrected chi connectivity index (χ1v) is 11.4. The Hall–Kier alpha value is -3.36. The Morgan fingerprint density at radius 2 is 1.78 bits per heavy atom. The quantitative estimate of drug-likeness (QED) is 0.397. The Bertz CT molecular complexity index is 1210. The Balaban J connectivity index is 1.82. The second-order valence-corrected chi connectivity index (χ2v) is 9.17. The number of benzene rings is 3. The zero-order chi connectivity index (χ0) is 23.1. The number of hydrazone groups is 1. The highest BCUT2D eigenvalue weighted by atomic mass is 35.5. The highest BCUT2D eigenvalue weighted by Crippen LogP contribution is 2.25. The third-order valence-corrected chi connectivity index (χ3v) is 6.55. The number of aryl methyl sites for hydroxylation is 1. The summed E-state index contributed by atoms with van der Waals surface area (Å²) in [6.45, 7) is 1.44. The molecule has 0 aliphatic carbocycles. The van der Waals surface area contributed by atoms with Crippen LogP contribution in [0.3, 0.4) is 0 Å². The second-order valence-electron chi connectivity index (χ2n) is 6.87. The fraction of sp³-hybridized carbons (Fsp3) is 0.130. The van der Waals surface area contributed by atoms with Gasteiger partial charge >= 0.3 is 0 Å². The van der Waals surface area contributed by atoms with Crippen LogP contribution in [0.2, 0.25) is 5.02 Å². The van der Waals surface area contributed by atoms with Crippen molar-refractivity contribution in [3.8, 4) is 5.75 Å². The van der Waals surface area contributed by atoms with Gasteiger partial charge in [0.2, 0.25) is 0 Å². The second kappa shape index (κ2) is 10.3. The topological polar surface area (TPSA) is 88.1 Å². The van der Waals surface area contributed by atoms with Gasteiger partial charge in [0.25, 0.3) is 15.9 Å². The summed E-state index contributed by atoms with van der Waals surface area (Å²) in [6, 6.07) is 19.7. The lowest BCUT2D eigenvalue weighted by molar-refractivity contribution is -0.119. The minimum atomic E-state index is -4.02. The van der Waals surface area contributed by atoms with Gasteiger partial charge in [-0.25, -0.2) is 13.8 Å². The lowest BCUT2D eigenvalue weighted by Crippen LogP contribution is -2.39. The third kappa shape index (κ3) is 5.87. The van der Waals surface area contributed by atoms with Gasteiger partial charge in [0.1, 0.15) is 12.3 Å². The van der Waals surface area contributed by atoms with Crippen LogP contribution < -0.4 is 14.5 Å². The van der Waals surface area contributed by atoms with E-state index in [1.54, 1.807) is 55.6 Å². The smallest absolute Gasteiger partial charge is 0.264 e. The Morgan fingerprint density at radius 3 is 2.44 bits per heavy atom. The maximum absolute atomic E-state index is 13.3. The first kappa shape index (κ1) is 23.3. The lowest BCUT2D eigenvalue weighted by Gasteiger charge is -2.23. The summed E-state index contributed by atoms with van der Waals surface area (Å²) >= 11 is 5.89. The Kier molecular flexibility index (Phi) is 7.50. The largest absolute Gasteiger partial charge is 0.497 e. The van der Waals surface area contributed by atoms with E-state index in [-0.39, 0.29) is 4.90 Å². The predicted octanol–water partition coefficient (Wildman–Crippen LogP) is 4.00. The molecule has 0 atom stereocenters. The third-order valence-electron chi connectivity index (χ3n) is 4.51. The maximum atomic E-state index is 13.3. The van der Waals surface area contributed by atoms with Gasteiger partial charge in [-0.05, 0) is 61.0 Å². The molecule has 0 fully saturated rings. The molecule has 0 aliphatic rings. The molecular weight excluding hydrogens is 450 g/mol. The highest BCUT2D eigenvalue weighted by molar-refractivity contribution is 7.92. The van der Waals surface area contributed by atoms with E-state index < -0.39 is 22.5 Å². The molecular formula is C23H22ClN3O4S. The molecule has 0 unspecified atom stereocenters. The number of halogens is 1. The minimum Gasteiger partial charge on any atom is -0.497 e. The summed E-state index contributed by atoms with van der Waals surface area (Å²) in [5, 5.41) is 4.34. The summed E-state index contributed by atoms with van der Waals surface area (Å²) < 4.78 is 32.7. The number of hydrogen-bond acceptors (Lipinski definition) is 5. The average molecular weight is 472 g/mol. The number of carbonyl (C=O) groups is 1. The summed E-state index contributed by atoms with van der Waals surface area (Å²) in [4.78, 5) is 12.6. The van der Waals surface area contributed by atoms with Gasteiger partial charge in [-0.3, -0.25) is 9.10 Å². The fourth-order valence-electron chi connectivity index (χ4n) is 2.83. The van der Waals surface area contributed by atoms with Gasteiger partial charge in [-0.2, -0.15) is 5.10 Å². The molecule has 3 aromatic rings. The average Bonchev–Trinajstić information content (AvgIpc) is 2.78. The number of sulfonamides is 1. The first-order valence-electron chi connectivity index (χ1n) is 9.60. The van der Waals surface area contributed by atoms with Crippen LogP contribution in [0.5, 0.6) is 5.75 Å². The summed E-state index contributed by atoms with van der Waals surface area (Å²) in [5.41, 5.74) is 4.41. The van der Waals surface area contributed by atoms with Crippen molar-refractivity contribution in [3.05, 3.63) is 88.9 Å². The van der Waals surface area contributed by atoms with Crippen LogP contribution in [0.15, 0.2) is 82.8 Å². The highest BCUT2D eigenvalue weighted by Gasteiger charge is 2.27. The summed E-state index contributed by atoms with van der Waals surface area (Å²) in [5.74, 6) is 0.0575. The number of hydrogen-bond donors (Lipinski definition) is 1. The predicted molar refractivity (Wildman–Crippen MR) is 126 cm³/mol. The number of amides is 1. The zero-order valence-corrected chi connectivity index (χ0v) is 19.1. The van der Waals surface area contributed by atoms with Crippen LogP contribution in [-0.4, -0.2) is 34.2 Å². The normalized spacial score (nSPS) is 11.3. The van der Waals surface area contributed by atoms with Crippen molar-refractivity contribution >= 4 is 39.4 Å². The van der Waals surface area contributed by atoms with Gasteiger partial charge in [0, 0.05) is 5.02 Å². The van der Waals surface area contributed by atoms with Crippen LogP contribution in [-0.2, 0) is 14.8 Å². The number of nitrogens with one attached hydrogen (secondary N) is 1. The number of rotatable bonds is 8. The zero-order valence-electron chi connectivity index (χ0n) is 17.5. The number of methoxy groups -OCH3 is 1. The van der Waals surface area contributed by atoms with Crippen molar-refractivity contribution in [2.45, 2.75) is 11.8 Å². The van der Waals surface area contributed by atoms with Crippen molar-refractivity contribution in [2.24, 2.45) is 5.10 Å². The van der Waals surface area contributed by atoms with Crippen molar-refractivity contribution in [1.82, 2.24) is 5.43 Å². The van der Waals surface area contributed by atoms with Crippen LogP contribution in [0, 0.1) is 6.92 Å². The molecule has 0 heterocycles. The number of carbonyl (C=O) groups excluding carboxylic acids is 1. The molecule has 3 rings (SSSR count). The molecule has 1 amide bonds. The SMILES string of the molecule is COc1cccc(/C=N\NC(=O)CN(c2ccc(C)cc2)S(=O)(=O)c2ccc(Cl)cc2)c1. The minimum absolute atomic E-state index is 0.0233. The Morgan fingerprint density at radius 1 is 1.09 bits per heavy atom. The molecule has 166 valence electrons. The van der Waals surface area contributed by atoms with Crippen molar-refractivity contribution in [2.75, 3.05) is 18.0 Å². The van der Waals surface area contributed by atoms with E-state index in [2.05, 4.69) is 10.5 Å². The van der Waals surface area contributed by atoms with E-state index in [4.69, 9.17) is 16.3 Å². The molecule has 32 heavy (non-hydrogen) atoms. The van der Waals surface area contributed by atoms with E-state index in [1.807, 2.05) is 6.92 Å². The molecule has 0 bridgehead atoms. The summed E-state index contributed by atoms with van der Waals surface area (Å²) in [7, 11) is -2.47. The van der Waals surface area contributed by atoms with Crippen LogP contribution >= 0.6 is 11.6 Å². The molecule has 3 aromatic carbocycles. The van der Waals surface area contributed by atoms with Gasteiger partial charge < -0.3 is 4.74 Å². The molecule has 0 radical (unpaired) electrons.